The van der Waals surface area contributed by atoms with Gasteiger partial charge in [0.2, 0.25) is 0 Å². The Morgan fingerprint density at radius 1 is 1.42 bits per heavy atom. The van der Waals surface area contributed by atoms with Gasteiger partial charge in [0.1, 0.15) is 0 Å². The smallest absolute Gasteiger partial charge is 0.0791 e. The molecule has 1 aliphatic rings. The fourth-order valence-electron chi connectivity index (χ4n) is 2.70. The Hall–Kier alpha value is -0.200. The SMILES string of the molecule is CCC1CN(C)CCCN1CC(O)CNCCOC. The van der Waals surface area contributed by atoms with Gasteiger partial charge in [-0.15, -0.1) is 0 Å². The molecule has 1 aliphatic heterocycles. The number of nitrogens with zero attached hydrogens (tertiary/aromatic N) is 2. The number of aliphatic hydroxyl groups excluding tert-OH is 1. The third-order valence-corrected chi connectivity index (χ3v) is 3.80. The summed E-state index contributed by atoms with van der Waals surface area (Å²) in [4.78, 5) is 4.85. The van der Waals surface area contributed by atoms with Gasteiger partial charge in [-0.05, 0) is 33.0 Å². The average molecular weight is 273 g/mol. The van der Waals surface area contributed by atoms with Crippen LogP contribution in [0.15, 0.2) is 0 Å². The molecule has 0 aromatic heterocycles. The molecule has 114 valence electrons. The molecule has 2 unspecified atom stereocenters. The molecule has 0 aliphatic carbocycles. The molecule has 0 bridgehead atoms. The van der Waals surface area contributed by atoms with E-state index in [1.54, 1.807) is 7.11 Å². The maximum atomic E-state index is 10.1. The van der Waals surface area contributed by atoms with E-state index in [2.05, 4.69) is 29.1 Å². The highest BCUT2D eigenvalue weighted by molar-refractivity contribution is 4.80. The standard InChI is InChI=1S/C14H31N3O2/c1-4-13-11-16(2)7-5-8-17(13)12-14(18)10-15-6-9-19-3/h13-15,18H,4-12H2,1-3H3. The third kappa shape index (κ3) is 6.68. The molecule has 5 heteroatoms. The number of rotatable bonds is 8. The van der Waals surface area contributed by atoms with E-state index in [0.717, 1.165) is 39.1 Å². The van der Waals surface area contributed by atoms with Crippen LogP contribution in [0.3, 0.4) is 0 Å². The summed E-state index contributed by atoms with van der Waals surface area (Å²) in [5.41, 5.74) is 0. The number of hydrogen-bond donors (Lipinski definition) is 2. The average Bonchev–Trinajstić information content (AvgIpc) is 2.56. The molecule has 0 aromatic carbocycles. The lowest BCUT2D eigenvalue weighted by atomic mass is 10.1. The van der Waals surface area contributed by atoms with Gasteiger partial charge in [0.05, 0.1) is 12.7 Å². The van der Waals surface area contributed by atoms with Crippen molar-refractivity contribution < 1.29 is 9.84 Å². The van der Waals surface area contributed by atoms with Gasteiger partial charge < -0.3 is 20.1 Å². The predicted octanol–water partition coefficient (Wildman–Crippen LogP) is -0.000600. The molecule has 2 N–H and O–H groups in total. The molecule has 5 nitrogen and oxygen atoms in total. The van der Waals surface area contributed by atoms with Gasteiger partial charge in [-0.2, -0.15) is 0 Å². The predicted molar refractivity (Wildman–Crippen MR) is 78.5 cm³/mol. The molecule has 2 atom stereocenters. The maximum absolute atomic E-state index is 10.1. The number of methoxy groups -OCH3 is 1. The van der Waals surface area contributed by atoms with E-state index in [4.69, 9.17) is 4.74 Å². The molecule has 1 rings (SSSR count). The van der Waals surface area contributed by atoms with E-state index in [0.29, 0.717) is 19.2 Å². The third-order valence-electron chi connectivity index (χ3n) is 3.80. The summed E-state index contributed by atoms with van der Waals surface area (Å²) in [5.74, 6) is 0. The first-order valence-electron chi connectivity index (χ1n) is 7.47. The second-order valence-electron chi connectivity index (χ2n) is 5.52. The lowest BCUT2D eigenvalue weighted by Crippen LogP contribution is -2.46. The van der Waals surface area contributed by atoms with Gasteiger partial charge in [0.25, 0.3) is 0 Å². The number of β-amino-alcohol motifs (C(OH)–C–C–N with tert-alkyl or cyclic N) is 1. The lowest BCUT2D eigenvalue weighted by Gasteiger charge is -2.31. The van der Waals surface area contributed by atoms with Crippen molar-refractivity contribution in [2.24, 2.45) is 0 Å². The number of likely N-dealkylation sites (N-methyl/N-ethyl adjacent to an activating group) is 1. The minimum absolute atomic E-state index is 0.297. The Labute approximate surface area is 117 Å². The minimum atomic E-state index is -0.297. The molecule has 1 fully saturated rings. The highest BCUT2D eigenvalue weighted by Gasteiger charge is 2.23. The first kappa shape index (κ1) is 16.9. The Balaban J connectivity index is 2.31. The van der Waals surface area contributed by atoms with E-state index < -0.39 is 0 Å². The van der Waals surface area contributed by atoms with Crippen LogP contribution >= 0.6 is 0 Å². The minimum Gasteiger partial charge on any atom is -0.390 e. The van der Waals surface area contributed by atoms with Gasteiger partial charge in [-0.1, -0.05) is 6.92 Å². The van der Waals surface area contributed by atoms with Crippen molar-refractivity contribution in [3.63, 3.8) is 0 Å². The van der Waals surface area contributed by atoms with E-state index in [1.165, 1.54) is 6.42 Å². The second-order valence-corrected chi connectivity index (χ2v) is 5.52. The molecule has 0 saturated carbocycles. The molecule has 1 saturated heterocycles. The van der Waals surface area contributed by atoms with E-state index in [1.807, 2.05) is 0 Å². The summed E-state index contributed by atoms with van der Waals surface area (Å²) in [5, 5.41) is 13.3. The first-order valence-corrected chi connectivity index (χ1v) is 7.47. The van der Waals surface area contributed by atoms with Gasteiger partial charge in [-0.3, -0.25) is 4.90 Å². The van der Waals surface area contributed by atoms with Crippen molar-refractivity contribution >= 4 is 0 Å². The molecule has 0 aromatic rings. The van der Waals surface area contributed by atoms with Crippen molar-refractivity contribution in [1.82, 2.24) is 15.1 Å². The summed E-state index contributed by atoms with van der Waals surface area (Å²) in [6.07, 6.45) is 2.04. The van der Waals surface area contributed by atoms with Gasteiger partial charge in [0, 0.05) is 39.3 Å². The number of aliphatic hydroxyl groups is 1. The largest absolute Gasteiger partial charge is 0.390 e. The second kappa shape index (κ2) is 9.66. The molecule has 0 amide bonds. The van der Waals surface area contributed by atoms with Gasteiger partial charge in [-0.25, -0.2) is 0 Å². The van der Waals surface area contributed by atoms with Crippen LogP contribution < -0.4 is 5.32 Å². The molecule has 1 heterocycles. The van der Waals surface area contributed by atoms with Gasteiger partial charge in [0.15, 0.2) is 0 Å². The summed E-state index contributed by atoms with van der Waals surface area (Å²) in [6.45, 7) is 8.51. The van der Waals surface area contributed by atoms with Crippen LogP contribution in [-0.2, 0) is 4.74 Å². The fraction of sp³-hybridized carbons (Fsp3) is 1.00. The van der Waals surface area contributed by atoms with Gasteiger partial charge >= 0.3 is 0 Å². The maximum Gasteiger partial charge on any atom is 0.0791 e. The Morgan fingerprint density at radius 3 is 2.89 bits per heavy atom. The van der Waals surface area contributed by atoms with Crippen LogP contribution in [0.25, 0.3) is 0 Å². The highest BCUT2D eigenvalue weighted by atomic mass is 16.5. The van der Waals surface area contributed by atoms with E-state index >= 15 is 0 Å². The van der Waals surface area contributed by atoms with Crippen LogP contribution in [0.5, 0.6) is 0 Å². The summed E-state index contributed by atoms with van der Waals surface area (Å²) >= 11 is 0. The van der Waals surface area contributed by atoms with Crippen molar-refractivity contribution in [1.29, 1.82) is 0 Å². The highest BCUT2D eigenvalue weighted by Crippen LogP contribution is 2.12. The Morgan fingerprint density at radius 2 is 2.21 bits per heavy atom. The molecular weight excluding hydrogens is 242 g/mol. The van der Waals surface area contributed by atoms with E-state index in [9.17, 15) is 5.11 Å². The monoisotopic (exact) mass is 273 g/mol. The van der Waals surface area contributed by atoms with Crippen molar-refractivity contribution in [2.45, 2.75) is 31.9 Å². The van der Waals surface area contributed by atoms with Crippen LogP contribution in [0, 0.1) is 0 Å². The zero-order valence-corrected chi connectivity index (χ0v) is 12.8. The molecule has 0 radical (unpaired) electrons. The first-order chi connectivity index (χ1) is 9.17. The van der Waals surface area contributed by atoms with Crippen LogP contribution in [0.2, 0.25) is 0 Å². The molecule has 0 spiro atoms. The lowest BCUT2D eigenvalue weighted by molar-refractivity contribution is 0.0832. The normalized spacial score (nSPS) is 24.3. The van der Waals surface area contributed by atoms with E-state index in [-0.39, 0.29) is 6.10 Å². The quantitative estimate of drug-likeness (QED) is 0.610. The van der Waals surface area contributed by atoms with Crippen molar-refractivity contribution in [2.75, 3.05) is 60.0 Å². The van der Waals surface area contributed by atoms with Crippen molar-refractivity contribution in [3.05, 3.63) is 0 Å². The zero-order valence-electron chi connectivity index (χ0n) is 12.8. The zero-order chi connectivity index (χ0) is 14.1. The van der Waals surface area contributed by atoms with Crippen molar-refractivity contribution in [3.8, 4) is 0 Å². The topological polar surface area (TPSA) is 48.0 Å². The molecular formula is C14H31N3O2. The van der Waals surface area contributed by atoms with Crippen LogP contribution in [0.4, 0.5) is 0 Å². The number of ether oxygens (including phenoxy) is 1. The summed E-state index contributed by atoms with van der Waals surface area (Å²) in [7, 11) is 3.88. The summed E-state index contributed by atoms with van der Waals surface area (Å²) < 4.78 is 4.98. The number of hydrogen-bond acceptors (Lipinski definition) is 5. The summed E-state index contributed by atoms with van der Waals surface area (Å²) in [6, 6.07) is 0.570. The Kier molecular flexibility index (Phi) is 8.57. The van der Waals surface area contributed by atoms with Crippen LogP contribution in [0.1, 0.15) is 19.8 Å². The Bertz CT molecular complexity index is 229. The number of nitrogens with one attached hydrogen (secondary N) is 1. The fourth-order valence-corrected chi connectivity index (χ4v) is 2.70. The van der Waals surface area contributed by atoms with Crippen LogP contribution in [-0.4, -0.2) is 87.1 Å². The molecule has 19 heavy (non-hydrogen) atoms.